The van der Waals surface area contributed by atoms with Gasteiger partial charge in [-0.15, -0.1) is 0 Å². The number of piperazine rings is 1. The normalized spacial score (nSPS) is 14.4. The molecular formula is C22H23ClN4O. The average Bonchev–Trinajstić information content (AvgIpc) is 3.10. The molecule has 0 saturated carbocycles. The maximum absolute atomic E-state index is 13.1. The molecule has 1 fully saturated rings. The van der Waals surface area contributed by atoms with E-state index in [4.69, 9.17) is 11.6 Å². The summed E-state index contributed by atoms with van der Waals surface area (Å²) < 4.78 is 1.65. The highest BCUT2D eigenvalue weighted by atomic mass is 35.5. The van der Waals surface area contributed by atoms with Crippen molar-refractivity contribution < 1.29 is 4.79 Å². The minimum absolute atomic E-state index is 0.0118. The summed E-state index contributed by atoms with van der Waals surface area (Å²) in [6, 6.07) is 17.8. The summed E-state index contributed by atoms with van der Waals surface area (Å²) >= 11 is 6.29. The van der Waals surface area contributed by atoms with Crippen molar-refractivity contribution in [2.75, 3.05) is 31.1 Å². The first-order chi connectivity index (χ1) is 13.5. The number of hydrogen-bond acceptors (Lipinski definition) is 3. The third-order valence-electron chi connectivity index (χ3n) is 5.27. The van der Waals surface area contributed by atoms with Gasteiger partial charge in [0.25, 0.3) is 5.91 Å². The van der Waals surface area contributed by atoms with Gasteiger partial charge in [0.2, 0.25) is 0 Å². The van der Waals surface area contributed by atoms with Gasteiger partial charge in [-0.3, -0.25) is 9.48 Å². The Labute approximate surface area is 170 Å². The number of carbonyl (C=O) groups excluding carboxylic acids is 1. The molecule has 2 aromatic carbocycles. The molecule has 0 radical (unpaired) electrons. The second-order valence-corrected chi connectivity index (χ2v) is 7.49. The van der Waals surface area contributed by atoms with Crippen molar-refractivity contribution >= 4 is 23.2 Å². The Morgan fingerprint density at radius 3 is 2.39 bits per heavy atom. The number of aromatic nitrogens is 2. The van der Waals surface area contributed by atoms with E-state index in [1.54, 1.807) is 11.7 Å². The van der Waals surface area contributed by atoms with Crippen LogP contribution in [0.3, 0.4) is 0 Å². The number of hydrogen-bond donors (Lipinski definition) is 0. The molecule has 28 heavy (non-hydrogen) atoms. The number of rotatable bonds is 3. The first-order valence-electron chi connectivity index (χ1n) is 9.43. The van der Waals surface area contributed by atoms with Gasteiger partial charge in [0.15, 0.2) is 0 Å². The summed E-state index contributed by atoms with van der Waals surface area (Å²) in [5.74, 6) is 0.0118. The molecule has 5 nitrogen and oxygen atoms in total. The lowest BCUT2D eigenvalue weighted by atomic mass is 10.1. The first kappa shape index (κ1) is 18.6. The summed E-state index contributed by atoms with van der Waals surface area (Å²) in [4.78, 5) is 17.3. The minimum Gasteiger partial charge on any atom is -0.368 e. The fraction of sp³-hybridized carbons (Fsp3) is 0.273. The SMILES string of the molecule is Cc1ccccc1N1CCN(C(=O)c2cc(-c3ccccc3Cl)nn2C)CC1. The highest BCUT2D eigenvalue weighted by molar-refractivity contribution is 6.33. The van der Waals surface area contributed by atoms with E-state index in [9.17, 15) is 4.79 Å². The van der Waals surface area contributed by atoms with Crippen LogP contribution in [0.4, 0.5) is 5.69 Å². The van der Waals surface area contributed by atoms with E-state index in [0.717, 1.165) is 24.3 Å². The van der Waals surface area contributed by atoms with Gasteiger partial charge in [0, 0.05) is 44.5 Å². The highest BCUT2D eigenvalue weighted by Gasteiger charge is 2.25. The van der Waals surface area contributed by atoms with Crippen LogP contribution in [0.1, 0.15) is 16.1 Å². The van der Waals surface area contributed by atoms with Crippen LogP contribution in [0, 0.1) is 6.92 Å². The topological polar surface area (TPSA) is 41.4 Å². The Bertz CT molecular complexity index is 1010. The van der Waals surface area contributed by atoms with Crippen LogP contribution in [0.15, 0.2) is 54.6 Å². The molecule has 0 aliphatic carbocycles. The molecule has 2 heterocycles. The predicted octanol–water partition coefficient (Wildman–Crippen LogP) is 4.01. The molecule has 1 amide bonds. The van der Waals surface area contributed by atoms with Crippen molar-refractivity contribution in [3.8, 4) is 11.3 Å². The summed E-state index contributed by atoms with van der Waals surface area (Å²) in [5.41, 5.74) is 4.65. The van der Waals surface area contributed by atoms with Gasteiger partial charge in [-0.1, -0.05) is 48.0 Å². The number of carbonyl (C=O) groups is 1. The smallest absolute Gasteiger partial charge is 0.272 e. The standard InChI is InChI=1S/C22H23ClN4O/c1-16-7-3-6-10-20(16)26-11-13-27(14-12-26)22(28)21-15-19(24-25(21)2)17-8-4-5-9-18(17)23/h3-10,15H,11-14H2,1-2H3. The molecule has 3 aromatic rings. The second-order valence-electron chi connectivity index (χ2n) is 7.08. The fourth-order valence-electron chi connectivity index (χ4n) is 3.70. The molecule has 1 aromatic heterocycles. The average molecular weight is 395 g/mol. The molecule has 4 rings (SSSR count). The molecule has 0 N–H and O–H groups in total. The zero-order valence-electron chi connectivity index (χ0n) is 16.1. The first-order valence-corrected chi connectivity index (χ1v) is 9.81. The van der Waals surface area contributed by atoms with Crippen LogP contribution in [-0.4, -0.2) is 46.8 Å². The van der Waals surface area contributed by atoms with Gasteiger partial charge in [-0.05, 0) is 30.7 Å². The van der Waals surface area contributed by atoms with Gasteiger partial charge in [-0.2, -0.15) is 5.10 Å². The van der Waals surface area contributed by atoms with Gasteiger partial charge in [-0.25, -0.2) is 0 Å². The molecule has 6 heteroatoms. The molecule has 1 aliphatic rings. The van der Waals surface area contributed by atoms with Gasteiger partial charge >= 0.3 is 0 Å². The quantitative estimate of drug-likeness (QED) is 0.674. The predicted molar refractivity (Wildman–Crippen MR) is 113 cm³/mol. The Kier molecular flexibility index (Phi) is 5.09. The molecule has 0 unspecified atom stereocenters. The summed E-state index contributed by atoms with van der Waals surface area (Å²) in [6.45, 7) is 5.16. The fourth-order valence-corrected chi connectivity index (χ4v) is 3.93. The zero-order valence-corrected chi connectivity index (χ0v) is 16.9. The Balaban J connectivity index is 1.49. The van der Waals surface area contributed by atoms with Crippen molar-refractivity contribution in [2.24, 2.45) is 7.05 Å². The number of benzene rings is 2. The van der Waals surface area contributed by atoms with Gasteiger partial charge < -0.3 is 9.80 Å². The highest BCUT2D eigenvalue weighted by Crippen LogP contribution is 2.27. The lowest BCUT2D eigenvalue weighted by Gasteiger charge is -2.36. The van der Waals surface area contributed by atoms with E-state index in [1.807, 2.05) is 35.2 Å². The van der Waals surface area contributed by atoms with Gasteiger partial charge in [0.05, 0.1) is 10.7 Å². The molecule has 1 aliphatic heterocycles. The molecule has 0 atom stereocenters. The van der Waals surface area contributed by atoms with Crippen molar-refractivity contribution in [3.05, 3.63) is 70.9 Å². The minimum atomic E-state index is 0.0118. The third kappa shape index (κ3) is 3.50. The number of halogens is 1. The number of aryl methyl sites for hydroxylation is 2. The van der Waals surface area contributed by atoms with E-state index >= 15 is 0 Å². The van der Waals surface area contributed by atoms with E-state index in [1.165, 1.54) is 11.3 Å². The van der Waals surface area contributed by atoms with Crippen molar-refractivity contribution in [2.45, 2.75) is 6.92 Å². The molecule has 144 valence electrons. The Hall–Kier alpha value is -2.79. The molecule has 0 spiro atoms. The van der Waals surface area contributed by atoms with E-state index in [0.29, 0.717) is 23.8 Å². The third-order valence-corrected chi connectivity index (χ3v) is 5.60. The second kappa shape index (κ2) is 7.68. The number of nitrogens with zero attached hydrogens (tertiary/aromatic N) is 4. The molecule has 0 bridgehead atoms. The van der Waals surface area contributed by atoms with Crippen LogP contribution in [0.25, 0.3) is 11.3 Å². The molecule has 1 saturated heterocycles. The monoisotopic (exact) mass is 394 g/mol. The lowest BCUT2D eigenvalue weighted by Crippen LogP contribution is -2.49. The largest absolute Gasteiger partial charge is 0.368 e. The van der Waals surface area contributed by atoms with Gasteiger partial charge in [0.1, 0.15) is 5.69 Å². The van der Waals surface area contributed by atoms with Crippen molar-refractivity contribution in [3.63, 3.8) is 0 Å². The number of amides is 1. The van der Waals surface area contributed by atoms with Crippen LogP contribution >= 0.6 is 11.6 Å². The van der Waals surface area contributed by atoms with Crippen molar-refractivity contribution in [1.29, 1.82) is 0 Å². The van der Waals surface area contributed by atoms with Crippen LogP contribution < -0.4 is 4.90 Å². The van der Waals surface area contributed by atoms with Crippen LogP contribution in [-0.2, 0) is 7.05 Å². The summed E-state index contributed by atoms with van der Waals surface area (Å²) in [5, 5.41) is 5.14. The van der Waals surface area contributed by atoms with E-state index in [2.05, 4.69) is 41.2 Å². The maximum Gasteiger partial charge on any atom is 0.272 e. The van der Waals surface area contributed by atoms with E-state index in [-0.39, 0.29) is 5.91 Å². The molecular weight excluding hydrogens is 372 g/mol. The van der Waals surface area contributed by atoms with Crippen LogP contribution in [0.2, 0.25) is 5.02 Å². The van der Waals surface area contributed by atoms with E-state index < -0.39 is 0 Å². The zero-order chi connectivity index (χ0) is 19.7. The lowest BCUT2D eigenvalue weighted by molar-refractivity contribution is 0.0735. The summed E-state index contributed by atoms with van der Waals surface area (Å²) in [7, 11) is 1.80. The number of anilines is 1. The van der Waals surface area contributed by atoms with Crippen molar-refractivity contribution in [1.82, 2.24) is 14.7 Å². The number of para-hydroxylation sites is 1. The van der Waals surface area contributed by atoms with Crippen LogP contribution in [0.5, 0.6) is 0 Å². The Morgan fingerprint density at radius 1 is 1.00 bits per heavy atom. The maximum atomic E-state index is 13.1. The summed E-state index contributed by atoms with van der Waals surface area (Å²) in [6.07, 6.45) is 0. The Morgan fingerprint density at radius 2 is 1.68 bits per heavy atom.